The lowest BCUT2D eigenvalue weighted by molar-refractivity contribution is 0.111. The summed E-state index contributed by atoms with van der Waals surface area (Å²) in [6.07, 6.45) is 0.784. The number of nitrogens with zero attached hydrogens (tertiary/aromatic N) is 1. The molecule has 104 valence electrons. The SMILES string of the molecule is COc1cccc(COc2c(C)cc(Br)cc2C=O)n1. The Morgan fingerprint density at radius 3 is 2.85 bits per heavy atom. The Balaban J connectivity index is 2.20. The molecule has 0 fully saturated rings. The number of aldehydes is 1. The standard InChI is InChI=1S/C15H14BrNO3/c1-10-6-12(16)7-11(8-18)15(10)20-9-13-4-3-5-14(17-13)19-2/h3-8H,9H2,1-2H3. The number of rotatable bonds is 5. The zero-order chi connectivity index (χ0) is 14.5. The first-order valence-corrected chi connectivity index (χ1v) is 6.81. The molecule has 0 aliphatic carbocycles. The predicted molar refractivity (Wildman–Crippen MR) is 79.4 cm³/mol. The van der Waals surface area contributed by atoms with Crippen LogP contribution >= 0.6 is 15.9 Å². The maximum atomic E-state index is 11.1. The quantitative estimate of drug-likeness (QED) is 0.784. The molecule has 1 heterocycles. The Kier molecular flexibility index (Phi) is 4.74. The Morgan fingerprint density at radius 2 is 2.15 bits per heavy atom. The number of pyridine rings is 1. The Bertz CT molecular complexity index is 629. The third-order valence-electron chi connectivity index (χ3n) is 2.75. The van der Waals surface area contributed by atoms with Crippen molar-refractivity contribution in [3.05, 3.63) is 51.6 Å². The number of benzene rings is 1. The van der Waals surface area contributed by atoms with E-state index in [1.54, 1.807) is 19.2 Å². The van der Waals surface area contributed by atoms with Gasteiger partial charge >= 0.3 is 0 Å². The maximum Gasteiger partial charge on any atom is 0.213 e. The highest BCUT2D eigenvalue weighted by atomic mass is 79.9. The van der Waals surface area contributed by atoms with E-state index in [1.807, 2.05) is 25.1 Å². The number of carbonyl (C=O) groups excluding carboxylic acids is 1. The van der Waals surface area contributed by atoms with Crippen molar-refractivity contribution < 1.29 is 14.3 Å². The number of hydrogen-bond acceptors (Lipinski definition) is 4. The molecule has 2 rings (SSSR count). The van der Waals surface area contributed by atoms with E-state index in [2.05, 4.69) is 20.9 Å². The molecule has 0 aliphatic heterocycles. The maximum absolute atomic E-state index is 11.1. The summed E-state index contributed by atoms with van der Waals surface area (Å²) in [4.78, 5) is 15.4. The Labute approximate surface area is 125 Å². The zero-order valence-corrected chi connectivity index (χ0v) is 12.8. The first kappa shape index (κ1) is 14.5. The molecule has 0 spiro atoms. The molecule has 0 saturated carbocycles. The van der Waals surface area contributed by atoms with Gasteiger partial charge in [0, 0.05) is 10.5 Å². The van der Waals surface area contributed by atoms with Gasteiger partial charge in [-0.25, -0.2) is 4.98 Å². The smallest absolute Gasteiger partial charge is 0.213 e. The molecule has 20 heavy (non-hydrogen) atoms. The van der Waals surface area contributed by atoms with Crippen molar-refractivity contribution >= 4 is 22.2 Å². The van der Waals surface area contributed by atoms with E-state index in [9.17, 15) is 4.79 Å². The second-order valence-electron chi connectivity index (χ2n) is 4.22. The van der Waals surface area contributed by atoms with Crippen LogP contribution in [0.25, 0.3) is 0 Å². The molecule has 0 saturated heterocycles. The van der Waals surface area contributed by atoms with Crippen molar-refractivity contribution in [2.45, 2.75) is 13.5 Å². The molecule has 0 radical (unpaired) electrons. The monoisotopic (exact) mass is 335 g/mol. The van der Waals surface area contributed by atoms with Gasteiger partial charge in [0.25, 0.3) is 0 Å². The third-order valence-corrected chi connectivity index (χ3v) is 3.21. The van der Waals surface area contributed by atoms with Crippen molar-refractivity contribution in [1.29, 1.82) is 0 Å². The van der Waals surface area contributed by atoms with Gasteiger partial charge < -0.3 is 9.47 Å². The third kappa shape index (κ3) is 3.36. The number of halogens is 1. The van der Waals surface area contributed by atoms with Gasteiger partial charge in [0.2, 0.25) is 5.88 Å². The average Bonchev–Trinajstić information content (AvgIpc) is 2.45. The predicted octanol–water partition coefficient (Wildman–Crippen LogP) is 3.55. The van der Waals surface area contributed by atoms with E-state index in [4.69, 9.17) is 9.47 Å². The highest BCUT2D eigenvalue weighted by Gasteiger charge is 2.09. The van der Waals surface area contributed by atoms with E-state index in [0.29, 0.717) is 17.2 Å². The molecule has 0 amide bonds. The number of methoxy groups -OCH3 is 1. The largest absolute Gasteiger partial charge is 0.486 e. The molecule has 1 aromatic carbocycles. The number of aryl methyl sites for hydroxylation is 1. The Hall–Kier alpha value is -1.88. The minimum Gasteiger partial charge on any atom is -0.486 e. The molecular formula is C15H14BrNO3. The van der Waals surface area contributed by atoms with Gasteiger partial charge in [0.15, 0.2) is 6.29 Å². The van der Waals surface area contributed by atoms with E-state index >= 15 is 0 Å². The van der Waals surface area contributed by atoms with Gasteiger partial charge in [-0.1, -0.05) is 22.0 Å². The van der Waals surface area contributed by atoms with Crippen LogP contribution in [0.5, 0.6) is 11.6 Å². The summed E-state index contributed by atoms with van der Waals surface area (Å²) in [6.45, 7) is 2.17. The second kappa shape index (κ2) is 6.52. The van der Waals surface area contributed by atoms with Gasteiger partial charge in [0.05, 0.1) is 18.4 Å². The summed E-state index contributed by atoms with van der Waals surface area (Å²) < 4.78 is 11.6. The van der Waals surface area contributed by atoms with E-state index in [1.165, 1.54) is 0 Å². The summed E-state index contributed by atoms with van der Waals surface area (Å²) in [5.41, 5.74) is 2.15. The average molecular weight is 336 g/mol. The fraction of sp³-hybridized carbons (Fsp3) is 0.200. The highest BCUT2D eigenvalue weighted by Crippen LogP contribution is 2.27. The lowest BCUT2D eigenvalue weighted by Gasteiger charge is -2.12. The van der Waals surface area contributed by atoms with Crippen LogP contribution in [0.2, 0.25) is 0 Å². The van der Waals surface area contributed by atoms with Crippen LogP contribution in [0.4, 0.5) is 0 Å². The molecule has 0 bridgehead atoms. The van der Waals surface area contributed by atoms with E-state index < -0.39 is 0 Å². The second-order valence-corrected chi connectivity index (χ2v) is 5.13. The van der Waals surface area contributed by atoms with Crippen LogP contribution in [-0.4, -0.2) is 18.4 Å². The van der Waals surface area contributed by atoms with Crippen LogP contribution in [0.15, 0.2) is 34.8 Å². The van der Waals surface area contributed by atoms with Crippen LogP contribution in [-0.2, 0) is 6.61 Å². The van der Waals surface area contributed by atoms with Gasteiger partial charge in [0.1, 0.15) is 12.4 Å². The van der Waals surface area contributed by atoms with Crippen LogP contribution in [0.1, 0.15) is 21.6 Å². The molecular weight excluding hydrogens is 322 g/mol. The summed E-state index contributed by atoms with van der Waals surface area (Å²) in [5.74, 6) is 1.11. The first-order chi connectivity index (χ1) is 9.63. The molecule has 0 unspecified atom stereocenters. The fourth-order valence-electron chi connectivity index (χ4n) is 1.84. The van der Waals surface area contributed by atoms with Crippen molar-refractivity contribution in [3.63, 3.8) is 0 Å². The van der Waals surface area contributed by atoms with Crippen molar-refractivity contribution in [2.24, 2.45) is 0 Å². The van der Waals surface area contributed by atoms with Gasteiger partial charge in [-0.05, 0) is 30.7 Å². The zero-order valence-electron chi connectivity index (χ0n) is 11.2. The summed E-state index contributed by atoms with van der Waals surface area (Å²) in [5, 5.41) is 0. The molecule has 2 aromatic rings. The molecule has 0 N–H and O–H groups in total. The topological polar surface area (TPSA) is 48.4 Å². The number of carbonyl (C=O) groups is 1. The normalized spacial score (nSPS) is 10.2. The summed E-state index contributed by atoms with van der Waals surface area (Å²) in [7, 11) is 1.57. The van der Waals surface area contributed by atoms with Crippen molar-refractivity contribution in [2.75, 3.05) is 7.11 Å². The molecule has 0 aliphatic rings. The van der Waals surface area contributed by atoms with Gasteiger partial charge in [-0.15, -0.1) is 0 Å². The molecule has 1 aromatic heterocycles. The Morgan fingerprint density at radius 1 is 1.35 bits per heavy atom. The minimum atomic E-state index is 0.278. The number of ether oxygens (including phenoxy) is 2. The highest BCUT2D eigenvalue weighted by molar-refractivity contribution is 9.10. The number of aromatic nitrogens is 1. The molecule has 5 heteroatoms. The van der Waals surface area contributed by atoms with E-state index in [0.717, 1.165) is 22.0 Å². The number of hydrogen-bond donors (Lipinski definition) is 0. The minimum absolute atomic E-state index is 0.278. The van der Waals surface area contributed by atoms with Crippen LogP contribution in [0, 0.1) is 6.92 Å². The molecule has 4 nitrogen and oxygen atoms in total. The first-order valence-electron chi connectivity index (χ1n) is 6.02. The van der Waals surface area contributed by atoms with Crippen LogP contribution < -0.4 is 9.47 Å². The molecule has 0 atom stereocenters. The van der Waals surface area contributed by atoms with Gasteiger partial charge in [-0.2, -0.15) is 0 Å². The van der Waals surface area contributed by atoms with Gasteiger partial charge in [-0.3, -0.25) is 4.79 Å². The van der Waals surface area contributed by atoms with E-state index in [-0.39, 0.29) is 6.61 Å². The van der Waals surface area contributed by atoms with Crippen molar-refractivity contribution in [1.82, 2.24) is 4.98 Å². The summed E-state index contributed by atoms with van der Waals surface area (Å²) >= 11 is 3.36. The lowest BCUT2D eigenvalue weighted by Crippen LogP contribution is -2.03. The summed E-state index contributed by atoms with van der Waals surface area (Å²) in [6, 6.07) is 9.10. The fourth-order valence-corrected chi connectivity index (χ4v) is 2.43. The van der Waals surface area contributed by atoms with Crippen LogP contribution in [0.3, 0.4) is 0 Å². The lowest BCUT2D eigenvalue weighted by atomic mass is 10.1. The van der Waals surface area contributed by atoms with Crippen molar-refractivity contribution in [3.8, 4) is 11.6 Å².